The smallest absolute Gasteiger partial charge is 0.263 e. The summed E-state index contributed by atoms with van der Waals surface area (Å²) >= 11 is 5.88. The number of nitrogen functional groups attached to an aromatic ring is 1. The summed E-state index contributed by atoms with van der Waals surface area (Å²) in [5.74, 6) is 2.71. The second-order valence-electron chi connectivity index (χ2n) is 5.40. The Morgan fingerprint density at radius 1 is 1.04 bits per heavy atom. The highest BCUT2D eigenvalue weighted by Gasteiger charge is 2.21. The van der Waals surface area contributed by atoms with Crippen LogP contribution in [-0.2, 0) is 10.0 Å². The number of nitrogens with zero attached hydrogens (tertiary/aromatic N) is 2. The van der Waals surface area contributed by atoms with E-state index in [1.54, 1.807) is 6.07 Å². The summed E-state index contributed by atoms with van der Waals surface area (Å²) in [5, 5.41) is -0.0408. The maximum atomic E-state index is 14.7. The standard InChI is InChI=1S/C18H11ClF2N4O2S/c19-13-3-1-2-4-16(13)28(26,27)25-15-8-7-14(20)12(17(15)21)6-5-11-9-23-18(22)24-10-11/h1-4,7-10,25H,(H2,22,23,24). The van der Waals surface area contributed by atoms with Gasteiger partial charge in [-0.05, 0) is 24.3 Å². The normalized spacial score (nSPS) is 10.8. The summed E-state index contributed by atoms with van der Waals surface area (Å²) in [4.78, 5) is 7.19. The van der Waals surface area contributed by atoms with Crippen molar-refractivity contribution in [2.24, 2.45) is 0 Å². The van der Waals surface area contributed by atoms with Crippen LogP contribution in [0.25, 0.3) is 0 Å². The van der Waals surface area contributed by atoms with Crippen molar-refractivity contribution >= 4 is 33.3 Å². The van der Waals surface area contributed by atoms with E-state index in [2.05, 4.69) is 26.5 Å². The van der Waals surface area contributed by atoms with Gasteiger partial charge in [0.1, 0.15) is 10.7 Å². The Labute approximate surface area is 164 Å². The molecule has 0 aliphatic heterocycles. The average molecular weight is 421 g/mol. The second kappa shape index (κ2) is 7.80. The van der Waals surface area contributed by atoms with Crippen LogP contribution in [0.15, 0.2) is 53.7 Å². The molecule has 0 saturated carbocycles. The van der Waals surface area contributed by atoms with Crippen LogP contribution < -0.4 is 10.5 Å². The minimum Gasteiger partial charge on any atom is -0.368 e. The van der Waals surface area contributed by atoms with E-state index in [9.17, 15) is 17.2 Å². The molecule has 0 aliphatic carbocycles. The van der Waals surface area contributed by atoms with Crippen molar-refractivity contribution in [1.29, 1.82) is 0 Å². The van der Waals surface area contributed by atoms with Crippen LogP contribution in [0.3, 0.4) is 0 Å². The molecule has 3 rings (SSSR count). The number of hydrogen-bond acceptors (Lipinski definition) is 5. The maximum Gasteiger partial charge on any atom is 0.263 e. The van der Waals surface area contributed by atoms with Gasteiger partial charge in [-0.2, -0.15) is 0 Å². The first-order chi connectivity index (χ1) is 13.3. The van der Waals surface area contributed by atoms with Gasteiger partial charge in [-0.15, -0.1) is 0 Å². The lowest BCUT2D eigenvalue weighted by Crippen LogP contribution is -2.15. The van der Waals surface area contributed by atoms with Crippen molar-refractivity contribution in [3.8, 4) is 11.8 Å². The van der Waals surface area contributed by atoms with Crippen molar-refractivity contribution in [2.45, 2.75) is 4.90 Å². The van der Waals surface area contributed by atoms with Crippen LogP contribution in [0.4, 0.5) is 20.4 Å². The molecule has 1 heterocycles. The van der Waals surface area contributed by atoms with Crippen LogP contribution in [0.1, 0.15) is 11.1 Å². The molecule has 0 amide bonds. The summed E-state index contributed by atoms with van der Waals surface area (Å²) in [5.41, 5.74) is 4.54. The molecule has 0 aliphatic rings. The van der Waals surface area contributed by atoms with Crippen molar-refractivity contribution in [1.82, 2.24) is 9.97 Å². The van der Waals surface area contributed by atoms with E-state index in [-0.39, 0.29) is 21.4 Å². The molecule has 6 nitrogen and oxygen atoms in total. The van der Waals surface area contributed by atoms with Gasteiger partial charge in [0.15, 0.2) is 5.82 Å². The molecule has 142 valence electrons. The number of anilines is 2. The number of benzene rings is 2. The Bertz CT molecular complexity index is 1210. The SMILES string of the molecule is Nc1ncc(C#Cc2c(F)ccc(NS(=O)(=O)c3ccccc3Cl)c2F)cn1. The second-order valence-corrected chi connectivity index (χ2v) is 7.46. The van der Waals surface area contributed by atoms with Crippen LogP contribution in [0.5, 0.6) is 0 Å². The Hall–Kier alpha value is -3.22. The third kappa shape index (κ3) is 4.19. The molecule has 0 unspecified atom stereocenters. The lowest BCUT2D eigenvalue weighted by Gasteiger charge is -2.11. The minimum atomic E-state index is -4.19. The molecule has 0 atom stereocenters. The molecule has 0 saturated heterocycles. The van der Waals surface area contributed by atoms with Gasteiger partial charge in [0.05, 0.1) is 21.8 Å². The summed E-state index contributed by atoms with van der Waals surface area (Å²) in [6.07, 6.45) is 2.57. The van der Waals surface area contributed by atoms with Crippen molar-refractivity contribution < 1.29 is 17.2 Å². The third-order valence-electron chi connectivity index (χ3n) is 3.47. The van der Waals surface area contributed by atoms with Crippen LogP contribution in [-0.4, -0.2) is 18.4 Å². The molecule has 0 fully saturated rings. The monoisotopic (exact) mass is 420 g/mol. The average Bonchev–Trinajstić information content (AvgIpc) is 2.65. The molecule has 10 heteroatoms. The van der Waals surface area contributed by atoms with Crippen LogP contribution in [0, 0.1) is 23.5 Å². The Kier molecular flexibility index (Phi) is 5.44. The van der Waals surface area contributed by atoms with Crippen molar-refractivity contribution in [2.75, 3.05) is 10.5 Å². The Morgan fingerprint density at radius 2 is 1.71 bits per heavy atom. The quantitative estimate of drug-likeness (QED) is 0.634. The van der Waals surface area contributed by atoms with E-state index in [4.69, 9.17) is 17.3 Å². The van der Waals surface area contributed by atoms with Crippen molar-refractivity contribution in [3.05, 3.63) is 76.6 Å². The molecular weight excluding hydrogens is 410 g/mol. The molecule has 3 aromatic rings. The van der Waals surface area contributed by atoms with E-state index in [0.29, 0.717) is 0 Å². The number of sulfonamides is 1. The number of hydrogen-bond donors (Lipinski definition) is 2. The number of nitrogens with one attached hydrogen (secondary N) is 1. The van der Waals surface area contributed by atoms with Gasteiger partial charge in [0.2, 0.25) is 5.95 Å². The molecule has 2 aromatic carbocycles. The van der Waals surface area contributed by atoms with Gasteiger partial charge in [0, 0.05) is 12.4 Å². The predicted octanol–water partition coefficient (Wildman–Crippen LogP) is 3.19. The number of nitrogens with two attached hydrogens (primary N) is 1. The molecule has 0 bridgehead atoms. The van der Waals surface area contributed by atoms with Gasteiger partial charge in [-0.25, -0.2) is 27.2 Å². The zero-order chi connectivity index (χ0) is 20.3. The van der Waals surface area contributed by atoms with E-state index in [1.807, 2.05) is 0 Å². The molecule has 0 radical (unpaired) electrons. The third-order valence-corrected chi connectivity index (χ3v) is 5.33. The first kappa shape index (κ1) is 19.5. The number of rotatable bonds is 3. The van der Waals surface area contributed by atoms with Gasteiger partial charge in [-0.1, -0.05) is 35.6 Å². The summed E-state index contributed by atoms with van der Waals surface area (Å²) in [7, 11) is -4.19. The van der Waals surface area contributed by atoms with Gasteiger partial charge in [-0.3, -0.25) is 4.72 Å². The number of aromatic nitrogens is 2. The number of halogens is 3. The van der Waals surface area contributed by atoms with E-state index in [0.717, 1.165) is 12.1 Å². The fourth-order valence-electron chi connectivity index (χ4n) is 2.15. The highest BCUT2D eigenvalue weighted by Crippen LogP contribution is 2.26. The fraction of sp³-hybridized carbons (Fsp3) is 0. The van der Waals surface area contributed by atoms with Gasteiger partial charge >= 0.3 is 0 Å². The molecule has 1 aromatic heterocycles. The zero-order valence-electron chi connectivity index (χ0n) is 13.9. The maximum absolute atomic E-state index is 14.7. The van der Waals surface area contributed by atoms with E-state index in [1.165, 1.54) is 30.6 Å². The molecular formula is C18H11ClF2N4O2S. The topological polar surface area (TPSA) is 98.0 Å². The minimum absolute atomic E-state index is 0.0267. The van der Waals surface area contributed by atoms with Gasteiger partial charge < -0.3 is 5.73 Å². The fourth-order valence-corrected chi connectivity index (χ4v) is 3.73. The first-order valence-corrected chi connectivity index (χ1v) is 9.49. The molecule has 28 heavy (non-hydrogen) atoms. The Balaban J connectivity index is 1.98. The van der Waals surface area contributed by atoms with Gasteiger partial charge in [0.25, 0.3) is 10.0 Å². The van der Waals surface area contributed by atoms with E-state index < -0.39 is 32.9 Å². The highest BCUT2D eigenvalue weighted by atomic mass is 35.5. The Morgan fingerprint density at radius 3 is 2.39 bits per heavy atom. The predicted molar refractivity (Wildman–Crippen MR) is 101 cm³/mol. The highest BCUT2D eigenvalue weighted by molar-refractivity contribution is 7.92. The lowest BCUT2D eigenvalue weighted by molar-refractivity contribution is 0.578. The molecule has 0 spiro atoms. The van der Waals surface area contributed by atoms with Crippen LogP contribution >= 0.6 is 11.6 Å². The van der Waals surface area contributed by atoms with E-state index >= 15 is 0 Å². The summed E-state index contributed by atoms with van der Waals surface area (Å²) in [6.45, 7) is 0. The van der Waals surface area contributed by atoms with Crippen LogP contribution in [0.2, 0.25) is 5.02 Å². The van der Waals surface area contributed by atoms with Crippen molar-refractivity contribution in [3.63, 3.8) is 0 Å². The molecule has 3 N–H and O–H groups in total. The summed E-state index contributed by atoms with van der Waals surface area (Å²) < 4.78 is 55.7. The summed E-state index contributed by atoms with van der Waals surface area (Å²) in [6, 6.07) is 7.51. The first-order valence-electron chi connectivity index (χ1n) is 7.63. The zero-order valence-corrected chi connectivity index (χ0v) is 15.5. The largest absolute Gasteiger partial charge is 0.368 e. The lowest BCUT2D eigenvalue weighted by atomic mass is 10.1.